The van der Waals surface area contributed by atoms with Crippen molar-refractivity contribution in [1.82, 2.24) is 10.2 Å². The normalized spacial score (nSPS) is 10.9. The van der Waals surface area contributed by atoms with Crippen molar-refractivity contribution in [1.29, 1.82) is 0 Å². The Morgan fingerprint density at radius 2 is 1.79 bits per heavy atom. The van der Waals surface area contributed by atoms with Gasteiger partial charge in [0.25, 0.3) is 5.91 Å². The summed E-state index contributed by atoms with van der Waals surface area (Å²) in [7, 11) is 0. The van der Waals surface area contributed by atoms with Crippen molar-refractivity contribution in [2.75, 3.05) is 11.4 Å². The number of benzene rings is 2. The zero-order valence-electron chi connectivity index (χ0n) is 16.6. The van der Waals surface area contributed by atoms with Crippen molar-refractivity contribution in [3.63, 3.8) is 0 Å². The van der Waals surface area contributed by atoms with E-state index >= 15 is 0 Å². The molecule has 0 atom stereocenters. The van der Waals surface area contributed by atoms with Gasteiger partial charge >= 0.3 is 0 Å². The SMILES string of the molecule is CCCCN(C(=O)c1ccccc1Cl)c1nnc(-c2cc(C)c(C)c(C)c2)s1. The minimum absolute atomic E-state index is 0.141. The number of aryl methyl sites for hydroxylation is 2. The third-order valence-electron chi connectivity index (χ3n) is 4.90. The van der Waals surface area contributed by atoms with E-state index in [4.69, 9.17) is 11.6 Å². The Hall–Kier alpha value is -2.24. The molecular weight excluding hydrogens is 390 g/mol. The number of hydrogen-bond donors (Lipinski definition) is 0. The summed E-state index contributed by atoms with van der Waals surface area (Å²) in [5.74, 6) is -0.141. The number of anilines is 1. The van der Waals surface area contributed by atoms with Crippen LogP contribution in [0.15, 0.2) is 36.4 Å². The highest BCUT2D eigenvalue weighted by atomic mass is 35.5. The number of aromatic nitrogens is 2. The Bertz CT molecular complexity index is 976. The van der Waals surface area contributed by atoms with Gasteiger partial charge in [0.1, 0.15) is 5.01 Å². The molecular formula is C22H24ClN3OS. The molecule has 0 aliphatic heterocycles. The van der Waals surface area contributed by atoms with Crippen LogP contribution >= 0.6 is 22.9 Å². The smallest absolute Gasteiger partial charge is 0.261 e. The third kappa shape index (κ3) is 4.26. The molecule has 0 fully saturated rings. The van der Waals surface area contributed by atoms with Crippen LogP contribution in [0.1, 0.15) is 46.8 Å². The molecule has 0 spiro atoms. The molecule has 0 radical (unpaired) electrons. The molecule has 1 amide bonds. The number of carbonyl (C=O) groups is 1. The van der Waals surface area contributed by atoms with Gasteiger partial charge in [0.15, 0.2) is 0 Å². The number of nitrogens with zero attached hydrogens (tertiary/aromatic N) is 3. The Labute approximate surface area is 175 Å². The van der Waals surface area contributed by atoms with E-state index in [0.717, 1.165) is 23.4 Å². The van der Waals surface area contributed by atoms with Crippen LogP contribution in [0.3, 0.4) is 0 Å². The second-order valence-corrected chi connectivity index (χ2v) is 8.28. The molecule has 0 N–H and O–H groups in total. The molecule has 0 saturated carbocycles. The zero-order valence-corrected chi connectivity index (χ0v) is 18.2. The average Bonchev–Trinajstić information content (AvgIpc) is 3.16. The lowest BCUT2D eigenvalue weighted by Crippen LogP contribution is -2.32. The number of halogens is 1. The van der Waals surface area contributed by atoms with Crippen molar-refractivity contribution in [3.05, 3.63) is 63.7 Å². The molecule has 1 aromatic heterocycles. The van der Waals surface area contributed by atoms with Crippen LogP contribution in [-0.4, -0.2) is 22.6 Å². The summed E-state index contributed by atoms with van der Waals surface area (Å²) in [5.41, 5.74) is 5.25. The summed E-state index contributed by atoms with van der Waals surface area (Å²) in [6.07, 6.45) is 1.86. The van der Waals surface area contributed by atoms with Crippen molar-refractivity contribution < 1.29 is 4.79 Å². The fourth-order valence-electron chi connectivity index (χ4n) is 2.98. The number of carbonyl (C=O) groups excluding carboxylic acids is 1. The number of hydrogen-bond acceptors (Lipinski definition) is 4. The molecule has 3 rings (SSSR count). The minimum atomic E-state index is -0.141. The van der Waals surface area contributed by atoms with Crippen LogP contribution < -0.4 is 4.90 Å². The first-order valence-corrected chi connectivity index (χ1v) is 10.6. The van der Waals surface area contributed by atoms with Crippen LogP contribution in [0.25, 0.3) is 10.6 Å². The van der Waals surface area contributed by atoms with Crippen LogP contribution in [0.2, 0.25) is 5.02 Å². The second kappa shape index (κ2) is 8.84. The maximum absolute atomic E-state index is 13.2. The van der Waals surface area contributed by atoms with E-state index < -0.39 is 0 Å². The van der Waals surface area contributed by atoms with E-state index in [2.05, 4.69) is 50.0 Å². The maximum atomic E-state index is 13.2. The van der Waals surface area contributed by atoms with Crippen LogP contribution in [0.5, 0.6) is 0 Å². The van der Waals surface area contributed by atoms with Gasteiger partial charge < -0.3 is 0 Å². The molecule has 3 aromatic rings. The zero-order chi connectivity index (χ0) is 20.3. The van der Waals surface area contributed by atoms with Crippen molar-refractivity contribution in [2.45, 2.75) is 40.5 Å². The summed E-state index contributed by atoms with van der Waals surface area (Å²) in [4.78, 5) is 14.8. The van der Waals surface area contributed by atoms with E-state index in [1.807, 2.05) is 12.1 Å². The molecule has 6 heteroatoms. The Kier molecular flexibility index (Phi) is 6.47. The first kappa shape index (κ1) is 20.5. The monoisotopic (exact) mass is 413 g/mol. The van der Waals surface area contributed by atoms with Crippen LogP contribution in [-0.2, 0) is 0 Å². The van der Waals surface area contributed by atoms with Crippen molar-refractivity contribution in [2.24, 2.45) is 0 Å². The van der Waals surface area contributed by atoms with Gasteiger partial charge in [-0.05, 0) is 68.1 Å². The highest BCUT2D eigenvalue weighted by Gasteiger charge is 2.23. The van der Waals surface area contributed by atoms with Gasteiger partial charge in [0.05, 0.1) is 10.6 Å². The van der Waals surface area contributed by atoms with Crippen molar-refractivity contribution in [3.8, 4) is 10.6 Å². The number of rotatable bonds is 6. The van der Waals surface area contributed by atoms with E-state index in [1.54, 1.807) is 17.0 Å². The third-order valence-corrected chi connectivity index (χ3v) is 6.23. The first-order chi connectivity index (χ1) is 13.4. The average molecular weight is 414 g/mol. The topological polar surface area (TPSA) is 46.1 Å². The Morgan fingerprint density at radius 1 is 1.11 bits per heavy atom. The van der Waals surface area contributed by atoms with E-state index in [1.165, 1.54) is 28.0 Å². The van der Waals surface area contributed by atoms with E-state index in [-0.39, 0.29) is 5.91 Å². The molecule has 0 saturated heterocycles. The van der Waals surface area contributed by atoms with Gasteiger partial charge in [-0.25, -0.2) is 0 Å². The predicted octanol–water partition coefficient (Wildman–Crippen LogP) is 6.23. The lowest BCUT2D eigenvalue weighted by atomic mass is 10.0. The van der Waals surface area contributed by atoms with Crippen molar-refractivity contribution >= 4 is 34.0 Å². The van der Waals surface area contributed by atoms with Crippen LogP contribution in [0.4, 0.5) is 5.13 Å². The quantitative estimate of drug-likeness (QED) is 0.481. The fraction of sp³-hybridized carbons (Fsp3) is 0.318. The lowest BCUT2D eigenvalue weighted by molar-refractivity contribution is 0.0986. The largest absolute Gasteiger partial charge is 0.283 e. The molecule has 28 heavy (non-hydrogen) atoms. The summed E-state index contributed by atoms with van der Waals surface area (Å²) in [6, 6.07) is 11.4. The molecule has 0 aliphatic carbocycles. The van der Waals surface area contributed by atoms with Gasteiger partial charge in [-0.3, -0.25) is 9.69 Å². The molecule has 2 aromatic carbocycles. The summed E-state index contributed by atoms with van der Waals surface area (Å²) in [5, 5.41) is 10.6. The van der Waals surface area contributed by atoms with E-state index in [0.29, 0.717) is 22.3 Å². The highest BCUT2D eigenvalue weighted by molar-refractivity contribution is 7.18. The Morgan fingerprint density at radius 3 is 2.43 bits per heavy atom. The van der Waals surface area contributed by atoms with Gasteiger partial charge in [-0.15, -0.1) is 10.2 Å². The van der Waals surface area contributed by atoms with Gasteiger partial charge in [0.2, 0.25) is 5.13 Å². The molecule has 146 valence electrons. The summed E-state index contributed by atoms with van der Waals surface area (Å²) >= 11 is 7.69. The predicted molar refractivity (Wildman–Crippen MR) is 118 cm³/mol. The first-order valence-electron chi connectivity index (χ1n) is 9.40. The maximum Gasteiger partial charge on any atom is 0.261 e. The molecule has 0 bridgehead atoms. The number of unbranched alkanes of at least 4 members (excludes halogenated alkanes) is 1. The fourth-order valence-corrected chi connectivity index (χ4v) is 4.05. The van der Waals surface area contributed by atoms with Gasteiger partial charge in [-0.2, -0.15) is 0 Å². The molecule has 4 nitrogen and oxygen atoms in total. The minimum Gasteiger partial charge on any atom is -0.283 e. The van der Waals surface area contributed by atoms with Gasteiger partial charge in [-0.1, -0.05) is 48.4 Å². The molecule has 0 unspecified atom stereocenters. The molecule has 0 aliphatic rings. The number of amides is 1. The second-order valence-electron chi connectivity index (χ2n) is 6.92. The Balaban J connectivity index is 1.96. The lowest BCUT2D eigenvalue weighted by Gasteiger charge is -2.19. The van der Waals surface area contributed by atoms with E-state index in [9.17, 15) is 4.79 Å². The standard InChI is InChI=1S/C22H24ClN3OS/c1-5-6-11-26(21(27)18-9-7-8-10-19(18)23)22-25-24-20(28-22)17-12-14(2)16(4)15(3)13-17/h7-10,12-13H,5-6,11H2,1-4H3. The summed E-state index contributed by atoms with van der Waals surface area (Å²) < 4.78 is 0. The molecule has 1 heterocycles. The highest BCUT2D eigenvalue weighted by Crippen LogP contribution is 2.32. The van der Waals surface area contributed by atoms with Gasteiger partial charge in [0, 0.05) is 12.1 Å². The van der Waals surface area contributed by atoms with Crippen LogP contribution in [0, 0.1) is 20.8 Å². The summed E-state index contributed by atoms with van der Waals surface area (Å²) in [6.45, 7) is 9.00.